The van der Waals surface area contributed by atoms with Crippen molar-refractivity contribution in [3.05, 3.63) is 52.0 Å². The molecule has 1 atom stereocenters. The van der Waals surface area contributed by atoms with Crippen LogP contribution in [-0.4, -0.2) is 11.0 Å². The molecule has 0 aliphatic carbocycles. The summed E-state index contributed by atoms with van der Waals surface area (Å²) in [6, 6.07) is 6.44. The Morgan fingerprint density at radius 1 is 1.47 bits per heavy atom. The van der Waals surface area contributed by atoms with E-state index in [1.165, 1.54) is 12.1 Å². The predicted molar refractivity (Wildman–Crippen MR) is 71.2 cm³/mol. The molecule has 100 valence electrons. The molecule has 1 amide bonds. The molecule has 6 heteroatoms. The lowest BCUT2D eigenvalue weighted by Gasteiger charge is -2.15. The van der Waals surface area contributed by atoms with Crippen LogP contribution in [0.4, 0.5) is 4.39 Å². The van der Waals surface area contributed by atoms with Gasteiger partial charge in [0.2, 0.25) is 5.91 Å². The van der Waals surface area contributed by atoms with Gasteiger partial charge in [-0.1, -0.05) is 6.07 Å². The number of phenolic OH excluding ortho intramolecular Hbond substituents is 1. The number of primary amides is 1. The number of hydrogen-bond acceptors (Lipinski definition) is 4. The van der Waals surface area contributed by atoms with Crippen LogP contribution in [-0.2, 0) is 11.3 Å². The van der Waals surface area contributed by atoms with E-state index >= 15 is 0 Å². The van der Waals surface area contributed by atoms with E-state index in [2.05, 4.69) is 5.32 Å². The van der Waals surface area contributed by atoms with Crippen LogP contribution in [0.25, 0.3) is 0 Å². The number of rotatable bonds is 5. The largest absolute Gasteiger partial charge is 0.508 e. The van der Waals surface area contributed by atoms with Gasteiger partial charge >= 0.3 is 0 Å². The lowest BCUT2D eigenvalue weighted by molar-refractivity contribution is -0.120. The first-order chi connectivity index (χ1) is 9.06. The first kappa shape index (κ1) is 13.5. The topological polar surface area (TPSA) is 75.4 Å². The van der Waals surface area contributed by atoms with Crippen molar-refractivity contribution in [3.63, 3.8) is 0 Å². The fraction of sp³-hybridized carbons (Fsp3) is 0.154. The molecule has 0 fully saturated rings. The van der Waals surface area contributed by atoms with Gasteiger partial charge in [0.1, 0.15) is 17.6 Å². The Hall–Kier alpha value is -1.92. The van der Waals surface area contributed by atoms with Crippen molar-refractivity contribution in [2.24, 2.45) is 5.73 Å². The van der Waals surface area contributed by atoms with Crippen LogP contribution in [0.1, 0.15) is 16.5 Å². The van der Waals surface area contributed by atoms with Gasteiger partial charge in [-0.15, -0.1) is 11.3 Å². The Balaban J connectivity index is 2.17. The number of nitrogens with one attached hydrogen (secondary N) is 1. The number of benzene rings is 1. The minimum atomic E-state index is -0.844. The first-order valence-corrected chi connectivity index (χ1v) is 6.49. The number of hydrogen-bond donors (Lipinski definition) is 3. The number of aromatic hydroxyl groups is 1. The fourth-order valence-electron chi connectivity index (χ4n) is 1.76. The van der Waals surface area contributed by atoms with Crippen LogP contribution in [0, 0.1) is 5.82 Å². The van der Waals surface area contributed by atoms with Gasteiger partial charge < -0.3 is 10.8 Å². The van der Waals surface area contributed by atoms with Crippen molar-refractivity contribution >= 4 is 17.2 Å². The highest BCUT2D eigenvalue weighted by molar-refractivity contribution is 7.09. The minimum absolute atomic E-state index is 0.237. The molecule has 2 aromatic rings. The van der Waals surface area contributed by atoms with E-state index in [1.54, 1.807) is 11.3 Å². The molecule has 1 heterocycles. The highest BCUT2D eigenvalue weighted by Gasteiger charge is 2.18. The molecule has 2 rings (SSSR count). The van der Waals surface area contributed by atoms with Crippen LogP contribution in [0.2, 0.25) is 0 Å². The third kappa shape index (κ3) is 3.52. The summed E-state index contributed by atoms with van der Waals surface area (Å²) in [6.45, 7) is 0.447. The number of halogens is 1. The summed E-state index contributed by atoms with van der Waals surface area (Å²) in [6.07, 6.45) is 0. The maximum absolute atomic E-state index is 13.2. The Morgan fingerprint density at radius 3 is 2.84 bits per heavy atom. The number of carbonyl (C=O) groups excluding carboxylic acids is 1. The SMILES string of the molecule is NC(=O)C(NCc1cccs1)c1cc(O)cc(F)c1. The average molecular weight is 280 g/mol. The second-order valence-electron chi connectivity index (χ2n) is 4.04. The maximum Gasteiger partial charge on any atom is 0.239 e. The second kappa shape index (κ2) is 5.81. The molecule has 0 saturated carbocycles. The van der Waals surface area contributed by atoms with Crippen LogP contribution in [0.5, 0.6) is 5.75 Å². The summed E-state index contributed by atoms with van der Waals surface area (Å²) >= 11 is 1.54. The minimum Gasteiger partial charge on any atom is -0.508 e. The molecular weight excluding hydrogens is 267 g/mol. The zero-order valence-corrected chi connectivity index (χ0v) is 10.8. The van der Waals surface area contributed by atoms with E-state index in [-0.39, 0.29) is 5.75 Å². The predicted octanol–water partition coefficient (Wildman–Crippen LogP) is 1.91. The van der Waals surface area contributed by atoms with Crippen LogP contribution in [0.3, 0.4) is 0 Å². The number of nitrogens with two attached hydrogens (primary N) is 1. The molecule has 0 saturated heterocycles. The van der Waals surface area contributed by atoms with Gasteiger partial charge in [0.25, 0.3) is 0 Å². The molecule has 1 unspecified atom stereocenters. The van der Waals surface area contributed by atoms with Gasteiger partial charge in [0.05, 0.1) is 0 Å². The molecule has 0 aliphatic heterocycles. The zero-order chi connectivity index (χ0) is 13.8. The van der Waals surface area contributed by atoms with Gasteiger partial charge in [-0.05, 0) is 29.1 Å². The highest BCUT2D eigenvalue weighted by Crippen LogP contribution is 2.21. The monoisotopic (exact) mass is 280 g/mol. The summed E-state index contributed by atoms with van der Waals surface area (Å²) in [4.78, 5) is 12.5. The summed E-state index contributed by atoms with van der Waals surface area (Å²) in [5, 5.41) is 14.2. The lowest BCUT2D eigenvalue weighted by atomic mass is 10.1. The van der Waals surface area contributed by atoms with Crippen molar-refractivity contribution in [2.45, 2.75) is 12.6 Å². The molecular formula is C13H13FN2O2S. The quantitative estimate of drug-likeness (QED) is 0.783. The average Bonchev–Trinajstić information content (AvgIpc) is 2.80. The highest BCUT2D eigenvalue weighted by atomic mass is 32.1. The van der Waals surface area contributed by atoms with Crippen LogP contribution in [0.15, 0.2) is 35.7 Å². The zero-order valence-electron chi connectivity index (χ0n) is 9.97. The van der Waals surface area contributed by atoms with Gasteiger partial charge in [0.15, 0.2) is 0 Å². The van der Waals surface area contributed by atoms with E-state index in [1.807, 2.05) is 17.5 Å². The van der Waals surface area contributed by atoms with Crippen LogP contribution < -0.4 is 11.1 Å². The van der Waals surface area contributed by atoms with Crippen molar-refractivity contribution in [1.82, 2.24) is 5.32 Å². The number of amides is 1. The molecule has 4 nitrogen and oxygen atoms in total. The van der Waals surface area contributed by atoms with Crippen molar-refractivity contribution < 1.29 is 14.3 Å². The Bertz CT molecular complexity index is 552. The van der Waals surface area contributed by atoms with E-state index in [0.717, 1.165) is 10.9 Å². The van der Waals surface area contributed by atoms with Gasteiger partial charge in [0, 0.05) is 17.5 Å². The fourth-order valence-corrected chi connectivity index (χ4v) is 2.42. The molecule has 4 N–H and O–H groups in total. The van der Waals surface area contributed by atoms with Crippen molar-refractivity contribution in [3.8, 4) is 5.75 Å². The molecule has 0 spiro atoms. The normalized spacial score (nSPS) is 12.3. The third-order valence-corrected chi connectivity index (χ3v) is 3.46. The number of phenols is 1. The Kier molecular flexibility index (Phi) is 4.13. The van der Waals surface area contributed by atoms with Gasteiger partial charge in [-0.25, -0.2) is 4.39 Å². The summed E-state index contributed by atoms with van der Waals surface area (Å²) in [7, 11) is 0. The maximum atomic E-state index is 13.2. The second-order valence-corrected chi connectivity index (χ2v) is 5.07. The van der Waals surface area contributed by atoms with E-state index in [0.29, 0.717) is 12.1 Å². The molecule has 0 aliphatic rings. The number of carbonyl (C=O) groups is 1. The summed E-state index contributed by atoms with van der Waals surface area (Å²) in [5.41, 5.74) is 5.61. The lowest BCUT2D eigenvalue weighted by Crippen LogP contribution is -2.33. The van der Waals surface area contributed by atoms with Crippen LogP contribution >= 0.6 is 11.3 Å². The van der Waals surface area contributed by atoms with Crippen molar-refractivity contribution in [2.75, 3.05) is 0 Å². The first-order valence-electron chi connectivity index (χ1n) is 5.61. The van der Waals surface area contributed by atoms with E-state index in [9.17, 15) is 14.3 Å². The third-order valence-electron chi connectivity index (χ3n) is 2.58. The molecule has 1 aromatic carbocycles. The molecule has 0 bridgehead atoms. The van der Waals surface area contributed by atoms with E-state index < -0.39 is 17.8 Å². The molecule has 19 heavy (non-hydrogen) atoms. The molecule has 1 aromatic heterocycles. The van der Waals surface area contributed by atoms with Gasteiger partial charge in [-0.3, -0.25) is 10.1 Å². The van der Waals surface area contributed by atoms with Crippen molar-refractivity contribution in [1.29, 1.82) is 0 Å². The Morgan fingerprint density at radius 2 is 2.26 bits per heavy atom. The van der Waals surface area contributed by atoms with E-state index in [4.69, 9.17) is 5.73 Å². The Labute approximate surface area is 113 Å². The smallest absolute Gasteiger partial charge is 0.239 e. The number of thiophene rings is 1. The summed E-state index contributed by atoms with van der Waals surface area (Å²) in [5.74, 6) is -1.47. The molecule has 0 radical (unpaired) electrons. The standard InChI is InChI=1S/C13H13FN2O2S/c14-9-4-8(5-10(17)6-9)12(13(15)18)16-7-11-2-1-3-19-11/h1-6,12,16-17H,7H2,(H2,15,18). The van der Waals surface area contributed by atoms with Gasteiger partial charge in [-0.2, -0.15) is 0 Å². The summed E-state index contributed by atoms with van der Waals surface area (Å²) < 4.78 is 13.2.